The summed E-state index contributed by atoms with van der Waals surface area (Å²) in [5, 5.41) is 4.23. The van der Waals surface area contributed by atoms with Gasteiger partial charge in [-0.1, -0.05) is 24.6 Å². The Kier molecular flexibility index (Phi) is 6.64. The molecule has 0 saturated carbocycles. The van der Waals surface area contributed by atoms with Gasteiger partial charge in [0.1, 0.15) is 12.4 Å². The minimum atomic E-state index is 0.391. The number of hydrogen-bond donors (Lipinski definition) is 1. The van der Waals surface area contributed by atoms with E-state index in [0.717, 1.165) is 37.8 Å². The largest absolute Gasteiger partial charge is 0.492 e. The monoisotopic (exact) mass is 297 g/mol. The first kappa shape index (κ1) is 15.6. The normalized spacial score (nSPS) is 17.9. The van der Waals surface area contributed by atoms with Gasteiger partial charge in [0.05, 0.1) is 0 Å². The van der Waals surface area contributed by atoms with Gasteiger partial charge in [0.2, 0.25) is 0 Å². The molecule has 1 heterocycles. The van der Waals surface area contributed by atoms with E-state index < -0.39 is 0 Å². The quantitative estimate of drug-likeness (QED) is 0.835. The molecule has 0 aliphatic carbocycles. The van der Waals surface area contributed by atoms with Gasteiger partial charge in [0.25, 0.3) is 0 Å². The molecule has 1 aliphatic heterocycles. The van der Waals surface area contributed by atoms with E-state index >= 15 is 0 Å². The van der Waals surface area contributed by atoms with Crippen molar-refractivity contribution in [3.63, 3.8) is 0 Å². The number of nitrogens with one attached hydrogen (secondary N) is 1. The molecule has 1 aromatic carbocycles. The zero-order valence-corrected chi connectivity index (χ0v) is 12.9. The molecular weight excluding hydrogens is 274 g/mol. The number of ether oxygens (including phenoxy) is 2. The number of hydrogen-bond acceptors (Lipinski definition) is 3. The topological polar surface area (TPSA) is 30.5 Å². The molecule has 0 bridgehead atoms. The molecule has 0 aromatic heterocycles. The maximum Gasteiger partial charge on any atom is 0.120 e. The van der Waals surface area contributed by atoms with Crippen LogP contribution < -0.4 is 10.1 Å². The highest BCUT2D eigenvalue weighted by Crippen LogP contribution is 2.21. The van der Waals surface area contributed by atoms with Crippen molar-refractivity contribution in [3.8, 4) is 5.75 Å². The fraction of sp³-hybridized carbons (Fsp3) is 0.625. The molecule has 1 unspecified atom stereocenters. The van der Waals surface area contributed by atoms with Crippen LogP contribution in [-0.2, 0) is 4.74 Å². The minimum absolute atomic E-state index is 0.391. The Morgan fingerprint density at radius 2 is 2.20 bits per heavy atom. The molecule has 1 saturated heterocycles. The summed E-state index contributed by atoms with van der Waals surface area (Å²) in [7, 11) is 0. The van der Waals surface area contributed by atoms with E-state index in [2.05, 4.69) is 12.2 Å². The van der Waals surface area contributed by atoms with E-state index in [-0.39, 0.29) is 0 Å². The van der Waals surface area contributed by atoms with Crippen molar-refractivity contribution < 1.29 is 9.47 Å². The molecule has 20 heavy (non-hydrogen) atoms. The minimum Gasteiger partial charge on any atom is -0.492 e. The Morgan fingerprint density at radius 1 is 1.40 bits per heavy atom. The second kappa shape index (κ2) is 8.50. The van der Waals surface area contributed by atoms with E-state index in [1.165, 1.54) is 12.8 Å². The number of likely N-dealkylation sites (N-methyl/N-ethyl adjacent to an activating group) is 1. The van der Waals surface area contributed by atoms with Gasteiger partial charge in [0, 0.05) is 24.3 Å². The summed E-state index contributed by atoms with van der Waals surface area (Å²) in [5.74, 6) is 1.59. The van der Waals surface area contributed by atoms with Gasteiger partial charge in [-0.15, -0.1) is 0 Å². The SMILES string of the molecule is CCNC(COc1cccc(Cl)c1)CC1CCOCC1. The summed E-state index contributed by atoms with van der Waals surface area (Å²) >= 11 is 5.97. The molecule has 1 fully saturated rings. The average Bonchev–Trinajstić information content (AvgIpc) is 2.46. The first-order valence-electron chi connectivity index (χ1n) is 7.47. The molecule has 1 aromatic rings. The first-order valence-corrected chi connectivity index (χ1v) is 7.85. The van der Waals surface area contributed by atoms with Crippen molar-refractivity contribution >= 4 is 11.6 Å². The van der Waals surface area contributed by atoms with Crippen molar-refractivity contribution in [2.75, 3.05) is 26.4 Å². The Labute approximate surface area is 126 Å². The summed E-state index contributed by atoms with van der Waals surface area (Å²) in [5.41, 5.74) is 0. The molecule has 1 aliphatic rings. The lowest BCUT2D eigenvalue weighted by molar-refractivity contribution is 0.0582. The zero-order chi connectivity index (χ0) is 14.2. The molecule has 0 radical (unpaired) electrons. The van der Waals surface area contributed by atoms with Gasteiger partial charge in [-0.05, 0) is 49.9 Å². The molecule has 4 heteroatoms. The van der Waals surface area contributed by atoms with Gasteiger partial charge < -0.3 is 14.8 Å². The van der Waals surface area contributed by atoms with E-state index in [0.29, 0.717) is 17.7 Å². The van der Waals surface area contributed by atoms with Gasteiger partial charge in [-0.25, -0.2) is 0 Å². The Bertz CT molecular complexity index is 394. The van der Waals surface area contributed by atoms with Gasteiger partial charge in [0.15, 0.2) is 0 Å². The van der Waals surface area contributed by atoms with Crippen LogP contribution in [0.15, 0.2) is 24.3 Å². The third-order valence-corrected chi connectivity index (χ3v) is 3.93. The standard InChI is InChI=1S/C16H24ClNO2/c1-2-18-15(10-13-6-8-19-9-7-13)12-20-16-5-3-4-14(17)11-16/h3-5,11,13,15,18H,2,6-10,12H2,1H3. The predicted molar refractivity (Wildman–Crippen MR) is 82.6 cm³/mol. The predicted octanol–water partition coefficient (Wildman–Crippen LogP) is 3.51. The van der Waals surface area contributed by atoms with Crippen molar-refractivity contribution in [1.82, 2.24) is 5.32 Å². The number of halogens is 1. The summed E-state index contributed by atoms with van der Waals surface area (Å²) in [6.07, 6.45) is 3.48. The molecule has 112 valence electrons. The highest BCUT2D eigenvalue weighted by atomic mass is 35.5. The van der Waals surface area contributed by atoms with Crippen molar-refractivity contribution in [1.29, 1.82) is 0 Å². The summed E-state index contributed by atoms with van der Waals surface area (Å²) < 4.78 is 11.3. The fourth-order valence-corrected chi connectivity index (χ4v) is 2.82. The third kappa shape index (κ3) is 5.31. The molecule has 1 N–H and O–H groups in total. The van der Waals surface area contributed by atoms with E-state index in [4.69, 9.17) is 21.1 Å². The number of benzene rings is 1. The van der Waals surface area contributed by atoms with Crippen molar-refractivity contribution in [2.24, 2.45) is 5.92 Å². The van der Waals surface area contributed by atoms with Crippen LogP contribution in [0.3, 0.4) is 0 Å². The van der Waals surface area contributed by atoms with Crippen LogP contribution in [-0.4, -0.2) is 32.4 Å². The van der Waals surface area contributed by atoms with Crippen molar-refractivity contribution in [3.05, 3.63) is 29.3 Å². The van der Waals surface area contributed by atoms with Gasteiger partial charge in [-0.2, -0.15) is 0 Å². The lowest BCUT2D eigenvalue weighted by Crippen LogP contribution is -2.37. The molecule has 3 nitrogen and oxygen atoms in total. The highest BCUT2D eigenvalue weighted by molar-refractivity contribution is 6.30. The van der Waals surface area contributed by atoms with Crippen LogP contribution in [0.2, 0.25) is 5.02 Å². The van der Waals surface area contributed by atoms with Crippen LogP contribution in [0.1, 0.15) is 26.2 Å². The molecule has 1 atom stereocenters. The smallest absolute Gasteiger partial charge is 0.120 e. The van der Waals surface area contributed by atoms with Crippen LogP contribution in [0.4, 0.5) is 0 Å². The fourth-order valence-electron chi connectivity index (χ4n) is 2.64. The zero-order valence-electron chi connectivity index (χ0n) is 12.1. The highest BCUT2D eigenvalue weighted by Gasteiger charge is 2.19. The second-order valence-corrected chi connectivity index (χ2v) is 5.75. The summed E-state index contributed by atoms with van der Waals surface area (Å²) in [4.78, 5) is 0. The van der Waals surface area contributed by atoms with E-state index in [1.54, 1.807) is 0 Å². The van der Waals surface area contributed by atoms with Crippen LogP contribution in [0.25, 0.3) is 0 Å². The van der Waals surface area contributed by atoms with E-state index in [9.17, 15) is 0 Å². The van der Waals surface area contributed by atoms with E-state index in [1.807, 2.05) is 24.3 Å². The molecule has 2 rings (SSSR count). The average molecular weight is 298 g/mol. The lowest BCUT2D eigenvalue weighted by Gasteiger charge is -2.27. The van der Waals surface area contributed by atoms with Crippen molar-refractivity contribution in [2.45, 2.75) is 32.2 Å². The Morgan fingerprint density at radius 3 is 2.90 bits per heavy atom. The molecule has 0 amide bonds. The Balaban J connectivity index is 1.81. The maximum absolute atomic E-state index is 5.97. The third-order valence-electron chi connectivity index (χ3n) is 3.70. The Hall–Kier alpha value is -0.770. The molecular formula is C16H24ClNO2. The number of rotatable bonds is 7. The second-order valence-electron chi connectivity index (χ2n) is 5.31. The van der Waals surface area contributed by atoms with Crippen LogP contribution in [0, 0.1) is 5.92 Å². The van der Waals surface area contributed by atoms with Crippen LogP contribution >= 0.6 is 11.6 Å². The maximum atomic E-state index is 5.97. The molecule has 0 spiro atoms. The first-order chi connectivity index (χ1) is 9.78. The van der Waals surface area contributed by atoms with Gasteiger partial charge in [-0.3, -0.25) is 0 Å². The summed E-state index contributed by atoms with van der Waals surface area (Å²) in [6, 6.07) is 7.97. The van der Waals surface area contributed by atoms with Gasteiger partial charge >= 0.3 is 0 Å². The summed E-state index contributed by atoms with van der Waals surface area (Å²) in [6.45, 7) is 5.59. The van der Waals surface area contributed by atoms with Crippen LogP contribution in [0.5, 0.6) is 5.75 Å². The lowest BCUT2D eigenvalue weighted by atomic mass is 9.93.